The number of nitrogens with one attached hydrogen (secondary N) is 3. The smallest absolute Gasteiger partial charge is 0.335 e. The van der Waals surface area contributed by atoms with Crippen LogP contribution in [0, 0.1) is 11.3 Å². The lowest BCUT2D eigenvalue weighted by Crippen LogP contribution is -2.59. The number of imide groups is 1. The number of carboxylic acids is 1. The van der Waals surface area contributed by atoms with Gasteiger partial charge in [-0.25, -0.2) is 4.79 Å². The van der Waals surface area contributed by atoms with E-state index in [9.17, 15) is 54.0 Å². The van der Waals surface area contributed by atoms with Crippen molar-refractivity contribution in [3.05, 3.63) is 29.3 Å². The van der Waals surface area contributed by atoms with Crippen molar-refractivity contribution in [3.8, 4) is 0 Å². The summed E-state index contributed by atoms with van der Waals surface area (Å²) < 4.78 is 10.9. The van der Waals surface area contributed by atoms with Gasteiger partial charge in [0.05, 0.1) is 17.2 Å². The van der Waals surface area contributed by atoms with Gasteiger partial charge in [-0.1, -0.05) is 19.9 Å². The van der Waals surface area contributed by atoms with Gasteiger partial charge in [-0.3, -0.25) is 33.7 Å². The first-order chi connectivity index (χ1) is 24.1. The van der Waals surface area contributed by atoms with Crippen LogP contribution in [0.2, 0.25) is 0 Å². The summed E-state index contributed by atoms with van der Waals surface area (Å²) in [5, 5.41) is 48.0. The Morgan fingerprint density at radius 1 is 0.981 bits per heavy atom. The Labute approximate surface area is 303 Å². The van der Waals surface area contributed by atoms with Gasteiger partial charge in [0.25, 0.3) is 0 Å². The van der Waals surface area contributed by atoms with E-state index in [4.69, 9.17) is 9.47 Å². The van der Waals surface area contributed by atoms with E-state index < -0.39 is 108 Å². The molecule has 0 bridgehead atoms. The Morgan fingerprint density at radius 2 is 1.63 bits per heavy atom. The third kappa shape index (κ3) is 10.8. The summed E-state index contributed by atoms with van der Waals surface area (Å²) in [7, 11) is 2.25. The first kappa shape index (κ1) is 42.4. The highest BCUT2D eigenvalue weighted by Crippen LogP contribution is 2.27. The molecule has 0 saturated carbocycles. The second kappa shape index (κ2) is 17.7. The number of carbonyl (C=O) groups is 7. The van der Waals surface area contributed by atoms with Crippen LogP contribution < -0.4 is 16.0 Å². The maximum atomic E-state index is 13.2. The highest BCUT2D eigenvalue weighted by Gasteiger charge is 2.46. The van der Waals surface area contributed by atoms with E-state index in [-0.39, 0.29) is 31.6 Å². The first-order valence-electron chi connectivity index (χ1n) is 16.8. The van der Waals surface area contributed by atoms with Crippen LogP contribution >= 0.6 is 9.24 Å². The van der Waals surface area contributed by atoms with Gasteiger partial charge in [0.2, 0.25) is 29.5 Å². The maximum absolute atomic E-state index is 13.2. The average Bonchev–Trinajstić information content (AvgIpc) is 3.29. The fourth-order valence-corrected chi connectivity index (χ4v) is 5.90. The SMILES string of the molecule is CC(C)[C@H](NC(=O)CN1C(=O)CC(P)C1=O)C(=O)N[C@@H](C)C(=O)Nc1ccc(COC(=O)C(C)(C)C)c(CCC2O[C@H](C(=O)O)[C@@H](O)[C@H](O)[C@H]2O)c1. The Kier molecular flexibility index (Phi) is 14.4. The number of amides is 5. The van der Waals surface area contributed by atoms with Crippen molar-refractivity contribution in [2.24, 2.45) is 11.3 Å². The van der Waals surface area contributed by atoms with Gasteiger partial charge >= 0.3 is 11.9 Å². The number of aliphatic hydroxyl groups excluding tert-OH is 3. The second-order valence-corrected chi connectivity index (χ2v) is 15.2. The molecule has 3 unspecified atom stereocenters. The molecule has 5 amide bonds. The van der Waals surface area contributed by atoms with Gasteiger partial charge in [0, 0.05) is 12.1 Å². The van der Waals surface area contributed by atoms with Crippen molar-refractivity contribution in [2.45, 2.75) is 116 Å². The summed E-state index contributed by atoms with van der Waals surface area (Å²) in [6, 6.07) is 2.51. The normalized spacial score (nSPS) is 24.6. The van der Waals surface area contributed by atoms with Crippen LogP contribution in [0.25, 0.3) is 0 Å². The van der Waals surface area contributed by atoms with Gasteiger partial charge in [0.15, 0.2) is 6.10 Å². The number of anilines is 1. The molecule has 1 aromatic rings. The monoisotopic (exact) mass is 752 g/mol. The third-order valence-corrected chi connectivity index (χ3v) is 9.22. The highest BCUT2D eigenvalue weighted by molar-refractivity contribution is 7.19. The predicted molar refractivity (Wildman–Crippen MR) is 186 cm³/mol. The molecule has 9 atom stereocenters. The van der Waals surface area contributed by atoms with E-state index in [1.807, 2.05) is 0 Å². The largest absolute Gasteiger partial charge is 0.479 e. The molecule has 1 aromatic carbocycles. The first-order valence-corrected chi connectivity index (χ1v) is 17.5. The molecule has 2 heterocycles. The van der Waals surface area contributed by atoms with E-state index in [1.165, 1.54) is 6.92 Å². The quantitative estimate of drug-likeness (QED) is 0.0701. The maximum Gasteiger partial charge on any atom is 0.335 e. The van der Waals surface area contributed by atoms with Crippen molar-refractivity contribution in [3.63, 3.8) is 0 Å². The average molecular weight is 753 g/mol. The Hall–Kier alpha value is -4.02. The lowest BCUT2D eigenvalue weighted by molar-refractivity contribution is -0.228. The molecule has 2 aliphatic rings. The molecule has 3 rings (SSSR count). The summed E-state index contributed by atoms with van der Waals surface area (Å²) in [5.74, 6) is -5.45. The number of rotatable bonds is 14. The van der Waals surface area contributed by atoms with E-state index >= 15 is 0 Å². The van der Waals surface area contributed by atoms with E-state index in [0.717, 1.165) is 4.90 Å². The summed E-state index contributed by atoms with van der Waals surface area (Å²) in [6.45, 7) is 9.13. The minimum absolute atomic E-state index is 0.0286. The number of likely N-dealkylation sites (tertiary alicyclic amines) is 1. The van der Waals surface area contributed by atoms with Crippen molar-refractivity contribution >= 4 is 56.4 Å². The summed E-state index contributed by atoms with van der Waals surface area (Å²) in [6.07, 6.45) is -8.16. The molecule has 288 valence electrons. The molecule has 0 radical (unpaired) electrons. The fraction of sp³-hybridized carbons (Fsp3) is 0.618. The van der Waals surface area contributed by atoms with Crippen LogP contribution in [-0.4, -0.2) is 122 Å². The van der Waals surface area contributed by atoms with Crippen LogP contribution in [0.1, 0.15) is 65.5 Å². The van der Waals surface area contributed by atoms with E-state index in [1.54, 1.807) is 52.8 Å². The summed E-state index contributed by atoms with van der Waals surface area (Å²) in [5.41, 5.74) is -0.0870. The zero-order valence-electron chi connectivity index (χ0n) is 30.0. The van der Waals surface area contributed by atoms with Gasteiger partial charge in [0.1, 0.15) is 43.5 Å². The molecule has 0 aromatic heterocycles. The van der Waals surface area contributed by atoms with E-state index in [0.29, 0.717) is 11.1 Å². The number of benzene rings is 1. The number of carboxylic acid groups (broad SMARTS) is 1. The van der Waals surface area contributed by atoms with Crippen molar-refractivity contribution in [1.29, 1.82) is 0 Å². The van der Waals surface area contributed by atoms with Crippen LogP contribution in [0.4, 0.5) is 5.69 Å². The lowest BCUT2D eigenvalue weighted by Gasteiger charge is -2.39. The number of aryl methyl sites for hydroxylation is 1. The number of hydrogen-bond acceptors (Lipinski definition) is 12. The second-order valence-electron chi connectivity index (χ2n) is 14.4. The molecule has 52 heavy (non-hydrogen) atoms. The van der Waals surface area contributed by atoms with Gasteiger partial charge in [-0.05, 0) is 69.7 Å². The summed E-state index contributed by atoms with van der Waals surface area (Å²) >= 11 is 0. The van der Waals surface area contributed by atoms with Gasteiger partial charge in [-0.2, -0.15) is 0 Å². The number of hydrogen-bond donors (Lipinski definition) is 7. The molecule has 0 aliphatic carbocycles. The molecule has 2 fully saturated rings. The van der Waals surface area contributed by atoms with Crippen molar-refractivity contribution < 1.29 is 63.5 Å². The number of esters is 1. The lowest BCUT2D eigenvalue weighted by atomic mass is 9.91. The summed E-state index contributed by atoms with van der Waals surface area (Å²) in [4.78, 5) is 88.2. The number of carbonyl (C=O) groups excluding carboxylic acids is 6. The standard InChI is InChI=1S/C34H49N4O13P/c1-15(2)24(37-22(39)13-38-23(40)12-21(52)31(38)46)30(45)35-16(3)29(44)36-19-9-7-18(14-50-33(49)34(4,5)6)17(11-19)8-10-20-25(41)26(42)27(43)28(51-20)32(47)48/h7,9,11,15-16,20-21,24-28,41-43H,8,10,12-14,52H2,1-6H3,(H,35,45)(H,36,44)(H,37,39)(H,47,48)/t16-,20?,21?,24-,25-,26+,27-,28-/m0/s1. The minimum Gasteiger partial charge on any atom is -0.479 e. The van der Waals surface area contributed by atoms with Crippen molar-refractivity contribution in [1.82, 2.24) is 15.5 Å². The van der Waals surface area contributed by atoms with Crippen molar-refractivity contribution in [2.75, 3.05) is 11.9 Å². The fourth-order valence-electron chi connectivity index (χ4n) is 5.52. The molecule has 17 nitrogen and oxygen atoms in total. The van der Waals surface area contributed by atoms with Crippen LogP contribution in [0.15, 0.2) is 18.2 Å². The number of ether oxygens (including phenoxy) is 2. The molecule has 2 aliphatic heterocycles. The molecular weight excluding hydrogens is 703 g/mol. The Balaban J connectivity index is 1.72. The Morgan fingerprint density at radius 3 is 2.19 bits per heavy atom. The topological polar surface area (TPSA) is 258 Å². The zero-order chi connectivity index (χ0) is 39.2. The molecule has 18 heteroatoms. The third-order valence-electron chi connectivity index (χ3n) is 8.70. The molecular formula is C34H49N4O13P. The number of aliphatic hydroxyl groups is 3. The van der Waals surface area contributed by atoms with Gasteiger partial charge < -0.3 is 45.9 Å². The molecule has 2 saturated heterocycles. The molecule has 0 spiro atoms. The van der Waals surface area contributed by atoms with Crippen LogP contribution in [-0.2, 0) is 56.1 Å². The number of aliphatic carboxylic acids is 1. The van der Waals surface area contributed by atoms with Crippen LogP contribution in [0.3, 0.4) is 0 Å². The van der Waals surface area contributed by atoms with E-state index in [2.05, 4.69) is 25.2 Å². The van der Waals surface area contributed by atoms with Crippen LogP contribution in [0.5, 0.6) is 0 Å². The Bertz CT molecular complexity index is 1550. The predicted octanol–water partition coefficient (Wildman–Crippen LogP) is -0.770. The zero-order valence-corrected chi connectivity index (χ0v) is 31.1. The minimum atomic E-state index is -1.85. The van der Waals surface area contributed by atoms with Gasteiger partial charge in [-0.15, -0.1) is 9.24 Å². The highest BCUT2D eigenvalue weighted by atomic mass is 31.0. The number of nitrogens with zero attached hydrogens (tertiary/aromatic N) is 1. The molecule has 7 N–H and O–H groups in total.